The molecule has 2 aromatic heterocycles. The zero-order chi connectivity index (χ0) is 35.6. The number of benzene rings is 1. The molecule has 1 saturated heterocycles. The van der Waals surface area contributed by atoms with E-state index in [9.17, 15) is 44.0 Å². The van der Waals surface area contributed by atoms with E-state index in [4.69, 9.17) is 25.0 Å². The van der Waals surface area contributed by atoms with E-state index in [1.54, 1.807) is 6.20 Å². The average molecular weight is 736 g/mol. The van der Waals surface area contributed by atoms with Gasteiger partial charge in [0, 0.05) is 24.2 Å². The number of ether oxygens (including phenoxy) is 2. The highest BCUT2D eigenvalue weighted by Gasteiger charge is 2.43. The van der Waals surface area contributed by atoms with Gasteiger partial charge in [0.25, 0.3) is 5.69 Å². The molecule has 1 fully saturated rings. The number of nitro groups is 1. The maximum Gasteiger partial charge on any atom is 0.490 e. The molecule has 4 rings (SSSR count). The fraction of sp³-hybridized carbons (Fsp3) is 0.458. The first-order valence-electron chi connectivity index (χ1n) is 13.8. The van der Waals surface area contributed by atoms with Gasteiger partial charge in [-0.1, -0.05) is 13.8 Å². The second-order valence-electron chi connectivity index (χ2n) is 10.9. The van der Waals surface area contributed by atoms with Crippen LogP contribution in [0.5, 0.6) is 0 Å². The van der Waals surface area contributed by atoms with E-state index >= 15 is 0 Å². The molecule has 3 aromatic rings. The zero-order valence-electron chi connectivity index (χ0n) is 25.1. The van der Waals surface area contributed by atoms with Gasteiger partial charge in [-0.3, -0.25) is 14.6 Å². The molecule has 3 heterocycles. The average Bonchev–Trinajstić information content (AvgIpc) is 3.52. The van der Waals surface area contributed by atoms with Gasteiger partial charge in [-0.05, 0) is 24.5 Å². The van der Waals surface area contributed by atoms with Crippen molar-refractivity contribution >= 4 is 46.0 Å². The fourth-order valence-corrected chi connectivity index (χ4v) is 8.00. The van der Waals surface area contributed by atoms with E-state index in [1.165, 1.54) is 29.1 Å². The Morgan fingerprint density at radius 1 is 1.19 bits per heavy atom. The number of nitriles is 1. The number of nitrogen functional groups attached to an aromatic ring is 1. The number of aliphatic hydroxyl groups excluding tert-OH is 1. The van der Waals surface area contributed by atoms with Crippen molar-refractivity contribution in [1.82, 2.24) is 14.5 Å². The Balaban J connectivity index is 1.56. The molecule has 1 aromatic carbocycles. The third-order valence-electron chi connectivity index (χ3n) is 6.88. The number of aliphatic hydroxyl groups is 1. The monoisotopic (exact) mass is 736 g/mol. The molecule has 6 atom stereocenters. The van der Waals surface area contributed by atoms with E-state index in [0.29, 0.717) is 17.4 Å². The van der Waals surface area contributed by atoms with Gasteiger partial charge in [-0.15, -0.1) is 0 Å². The SMILES string of the molecule is CC(C)CC(OCc1cn([C@H]2C[C@@H](O)[C@@H](COP(=O)(O)OP(=O)(O)OP(=O)(O)O)O2)c2ncnc(N)c12)c1cc(C#N)ccc1[N+](=O)[O-]. The van der Waals surface area contributed by atoms with Crippen molar-refractivity contribution in [3.8, 4) is 6.07 Å². The molecule has 21 nitrogen and oxygen atoms in total. The molecule has 7 N–H and O–H groups in total. The Kier molecular flexibility index (Phi) is 11.6. The van der Waals surface area contributed by atoms with E-state index in [2.05, 4.69) is 23.1 Å². The van der Waals surface area contributed by atoms with E-state index in [1.807, 2.05) is 19.9 Å². The number of fused-ring (bicyclic) bond motifs is 1. The standard InChI is InChI=1S/C24H31N6O15P3/c1-13(2)5-19(16-6-14(8-25)3-4-17(16)30(32)33)41-10-15-9-29(24-22(15)23(26)27-12-28-24)21-7-18(31)20(43-21)11-42-47(37,38)45-48(39,40)44-46(34,35)36/h3-4,6,9,12-13,18-21,31H,5,7,10-11H2,1-2H3,(H,37,38)(H,39,40)(H2,26,27,28)(H2,34,35,36)/t18-,19?,20-,21-/m1/s1. The summed E-state index contributed by atoms with van der Waals surface area (Å²) in [6, 6.07) is 5.96. The number of nitro benzene ring substituents is 1. The van der Waals surface area contributed by atoms with Gasteiger partial charge in [0.2, 0.25) is 0 Å². The summed E-state index contributed by atoms with van der Waals surface area (Å²) in [4.78, 5) is 56.0. The molecule has 48 heavy (non-hydrogen) atoms. The van der Waals surface area contributed by atoms with Crippen LogP contribution in [0.15, 0.2) is 30.7 Å². The number of rotatable bonds is 15. The number of anilines is 1. The molecule has 1 aliphatic heterocycles. The summed E-state index contributed by atoms with van der Waals surface area (Å²) >= 11 is 0. The van der Waals surface area contributed by atoms with Crippen molar-refractivity contribution in [2.45, 2.75) is 57.8 Å². The lowest BCUT2D eigenvalue weighted by Gasteiger charge is -2.20. The third-order valence-corrected chi connectivity index (χ3v) is 10.7. The number of phosphoric acid groups is 3. The summed E-state index contributed by atoms with van der Waals surface area (Å²) in [5.74, 6) is 0.0862. The van der Waals surface area contributed by atoms with E-state index < -0.39 is 59.5 Å². The van der Waals surface area contributed by atoms with Gasteiger partial charge in [-0.25, -0.2) is 23.7 Å². The van der Waals surface area contributed by atoms with Crippen LogP contribution in [0.3, 0.4) is 0 Å². The van der Waals surface area contributed by atoms with Gasteiger partial charge in [0.15, 0.2) is 0 Å². The maximum atomic E-state index is 12.1. The summed E-state index contributed by atoms with van der Waals surface area (Å²) in [5.41, 5.74) is 7.05. The van der Waals surface area contributed by atoms with Crippen LogP contribution in [0, 0.1) is 27.4 Å². The van der Waals surface area contributed by atoms with Crippen molar-refractivity contribution in [3.63, 3.8) is 0 Å². The zero-order valence-corrected chi connectivity index (χ0v) is 27.8. The first kappa shape index (κ1) is 37.6. The van der Waals surface area contributed by atoms with Crippen molar-refractivity contribution in [2.24, 2.45) is 5.92 Å². The number of aromatic nitrogens is 3. The highest BCUT2D eigenvalue weighted by atomic mass is 31.3. The van der Waals surface area contributed by atoms with Crippen LogP contribution >= 0.6 is 23.5 Å². The molecule has 3 unspecified atom stereocenters. The molecule has 1 aliphatic rings. The number of nitrogens with two attached hydrogens (primary N) is 1. The minimum absolute atomic E-state index is 0.0326. The first-order valence-corrected chi connectivity index (χ1v) is 18.3. The second-order valence-corrected chi connectivity index (χ2v) is 15.3. The van der Waals surface area contributed by atoms with Crippen LogP contribution in [0.1, 0.15) is 55.7 Å². The van der Waals surface area contributed by atoms with Crippen LogP contribution in [0.2, 0.25) is 0 Å². The third kappa shape index (κ3) is 9.49. The molecule has 0 saturated carbocycles. The van der Waals surface area contributed by atoms with Gasteiger partial charge in [-0.2, -0.15) is 13.9 Å². The quantitative estimate of drug-likeness (QED) is 0.0741. The van der Waals surface area contributed by atoms with Crippen molar-refractivity contribution in [2.75, 3.05) is 12.3 Å². The van der Waals surface area contributed by atoms with Gasteiger partial charge < -0.3 is 44.5 Å². The molecular formula is C24H31N6O15P3. The lowest BCUT2D eigenvalue weighted by Crippen LogP contribution is -2.26. The van der Waals surface area contributed by atoms with Crippen molar-refractivity contribution in [3.05, 3.63) is 57.5 Å². The van der Waals surface area contributed by atoms with Gasteiger partial charge >= 0.3 is 23.5 Å². The highest BCUT2D eigenvalue weighted by Crippen LogP contribution is 2.66. The van der Waals surface area contributed by atoms with Crippen molar-refractivity contribution in [1.29, 1.82) is 5.26 Å². The van der Waals surface area contributed by atoms with E-state index in [-0.39, 0.29) is 47.2 Å². The minimum Gasteiger partial charge on any atom is -0.390 e. The Hall–Kier alpha value is -3.18. The summed E-state index contributed by atoms with van der Waals surface area (Å²) < 4.78 is 60.0. The smallest absolute Gasteiger partial charge is 0.390 e. The number of hydrogen-bond acceptors (Lipinski definition) is 15. The number of phosphoric ester groups is 1. The number of nitrogens with zero attached hydrogens (tertiary/aromatic N) is 5. The molecule has 0 spiro atoms. The number of hydrogen-bond donors (Lipinski definition) is 6. The summed E-state index contributed by atoms with van der Waals surface area (Å²) in [7, 11) is -16.8. The van der Waals surface area contributed by atoms with Crippen LogP contribution in [0.25, 0.3) is 11.0 Å². The second kappa shape index (κ2) is 14.7. The van der Waals surface area contributed by atoms with Crippen molar-refractivity contribution < 1.29 is 65.9 Å². The molecule has 0 radical (unpaired) electrons. The maximum absolute atomic E-state index is 12.1. The molecule has 262 valence electrons. The Bertz CT molecular complexity index is 1860. The molecule has 0 bridgehead atoms. The molecule has 24 heteroatoms. The first-order chi connectivity index (χ1) is 22.3. The Morgan fingerprint density at radius 2 is 1.90 bits per heavy atom. The van der Waals surface area contributed by atoms with Gasteiger partial charge in [0.1, 0.15) is 30.1 Å². The van der Waals surface area contributed by atoms with E-state index in [0.717, 1.165) is 0 Å². The molecule has 0 aliphatic carbocycles. The van der Waals surface area contributed by atoms with Crippen LogP contribution in [0.4, 0.5) is 11.5 Å². The van der Waals surface area contributed by atoms with Crippen LogP contribution in [-0.2, 0) is 42.9 Å². The summed E-state index contributed by atoms with van der Waals surface area (Å²) in [6.45, 7) is 2.76. The predicted molar refractivity (Wildman–Crippen MR) is 161 cm³/mol. The van der Waals surface area contributed by atoms with Crippen LogP contribution in [-0.4, -0.2) is 63.0 Å². The van der Waals surface area contributed by atoms with Crippen LogP contribution < -0.4 is 5.73 Å². The fourth-order valence-electron chi connectivity index (χ4n) is 4.97. The largest absolute Gasteiger partial charge is 0.490 e. The predicted octanol–water partition coefficient (Wildman–Crippen LogP) is 3.09. The normalized spacial score (nSPS) is 21.5. The summed E-state index contributed by atoms with van der Waals surface area (Å²) in [5, 5.41) is 32.2. The summed E-state index contributed by atoms with van der Waals surface area (Å²) in [6.07, 6.45) is -1.50. The lowest BCUT2D eigenvalue weighted by atomic mass is 9.96. The Morgan fingerprint density at radius 3 is 2.52 bits per heavy atom. The highest BCUT2D eigenvalue weighted by molar-refractivity contribution is 7.66. The molecule has 0 amide bonds. The topological polar surface area (TPSA) is 322 Å². The Labute approximate surface area is 271 Å². The lowest BCUT2D eigenvalue weighted by molar-refractivity contribution is -0.386. The minimum atomic E-state index is -5.75. The van der Waals surface area contributed by atoms with Gasteiger partial charge in [0.05, 0.1) is 52.9 Å². The molecular weight excluding hydrogens is 705 g/mol.